The number of rotatable bonds is 4. The SMILES string of the molecule is C/C(=C\C(=O)O)c1cncc(-c2cccc(N(C)C)c2)c1. The zero-order valence-corrected chi connectivity index (χ0v) is 12.4. The number of pyridine rings is 1. The molecule has 0 aliphatic heterocycles. The predicted molar refractivity (Wildman–Crippen MR) is 85.3 cm³/mol. The average molecular weight is 282 g/mol. The van der Waals surface area contributed by atoms with Crippen LogP contribution in [0.4, 0.5) is 5.69 Å². The molecule has 0 saturated heterocycles. The van der Waals surface area contributed by atoms with Gasteiger partial charge in [-0.05, 0) is 41.8 Å². The minimum absolute atomic E-state index is 0.681. The summed E-state index contributed by atoms with van der Waals surface area (Å²) in [6.45, 7) is 1.77. The topological polar surface area (TPSA) is 53.4 Å². The second-order valence-electron chi connectivity index (χ2n) is 5.07. The van der Waals surface area contributed by atoms with Crippen molar-refractivity contribution in [3.05, 3.63) is 54.4 Å². The number of hydrogen-bond acceptors (Lipinski definition) is 3. The molecule has 0 saturated carbocycles. The number of allylic oxidation sites excluding steroid dienone is 1. The molecule has 1 aromatic carbocycles. The van der Waals surface area contributed by atoms with Crippen LogP contribution in [0.15, 0.2) is 48.8 Å². The highest BCUT2D eigenvalue weighted by molar-refractivity contribution is 5.89. The lowest BCUT2D eigenvalue weighted by Gasteiger charge is -2.14. The van der Waals surface area contributed by atoms with E-state index in [9.17, 15) is 4.79 Å². The third-order valence-electron chi connectivity index (χ3n) is 3.23. The van der Waals surface area contributed by atoms with E-state index in [2.05, 4.69) is 11.1 Å². The van der Waals surface area contributed by atoms with Crippen LogP contribution in [0, 0.1) is 0 Å². The van der Waals surface area contributed by atoms with Gasteiger partial charge in [0.25, 0.3) is 0 Å². The summed E-state index contributed by atoms with van der Waals surface area (Å²) in [4.78, 5) is 17.0. The summed E-state index contributed by atoms with van der Waals surface area (Å²) >= 11 is 0. The van der Waals surface area contributed by atoms with Crippen molar-refractivity contribution in [1.29, 1.82) is 0 Å². The molecule has 0 aliphatic rings. The first kappa shape index (κ1) is 14.8. The number of aliphatic carboxylic acids is 1. The Balaban J connectivity index is 2.42. The normalized spacial score (nSPS) is 11.3. The third-order valence-corrected chi connectivity index (χ3v) is 3.23. The molecule has 0 fully saturated rings. The van der Waals surface area contributed by atoms with Crippen molar-refractivity contribution in [3.63, 3.8) is 0 Å². The monoisotopic (exact) mass is 282 g/mol. The number of anilines is 1. The fraction of sp³-hybridized carbons (Fsp3) is 0.176. The van der Waals surface area contributed by atoms with E-state index in [-0.39, 0.29) is 0 Å². The van der Waals surface area contributed by atoms with Crippen LogP contribution in [-0.4, -0.2) is 30.2 Å². The Kier molecular flexibility index (Phi) is 4.38. The molecule has 1 heterocycles. The van der Waals surface area contributed by atoms with Crippen molar-refractivity contribution in [3.8, 4) is 11.1 Å². The number of aromatic nitrogens is 1. The quantitative estimate of drug-likeness (QED) is 0.874. The Morgan fingerprint density at radius 3 is 2.62 bits per heavy atom. The van der Waals surface area contributed by atoms with Gasteiger partial charge in [-0.2, -0.15) is 0 Å². The summed E-state index contributed by atoms with van der Waals surface area (Å²) < 4.78 is 0. The molecular formula is C17H18N2O2. The van der Waals surface area contributed by atoms with Crippen LogP contribution in [0.2, 0.25) is 0 Å². The summed E-state index contributed by atoms with van der Waals surface area (Å²) in [5, 5.41) is 8.83. The van der Waals surface area contributed by atoms with Crippen LogP contribution in [0.3, 0.4) is 0 Å². The average Bonchev–Trinajstić information content (AvgIpc) is 2.47. The molecule has 108 valence electrons. The standard InChI is InChI=1S/C17H18N2O2/c1-12(7-17(20)21)14-8-15(11-18-10-14)13-5-4-6-16(9-13)19(2)3/h4-11H,1-3H3,(H,20,21)/b12-7+. The highest BCUT2D eigenvalue weighted by atomic mass is 16.4. The van der Waals surface area contributed by atoms with Crippen LogP contribution >= 0.6 is 0 Å². The summed E-state index contributed by atoms with van der Waals surface area (Å²) in [6.07, 6.45) is 4.65. The maximum atomic E-state index is 10.8. The molecule has 0 radical (unpaired) electrons. The summed E-state index contributed by atoms with van der Waals surface area (Å²) in [6, 6.07) is 10.1. The van der Waals surface area contributed by atoms with Gasteiger partial charge in [-0.25, -0.2) is 4.79 Å². The Morgan fingerprint density at radius 1 is 1.19 bits per heavy atom. The van der Waals surface area contributed by atoms with Crippen LogP contribution in [-0.2, 0) is 4.79 Å². The fourth-order valence-electron chi connectivity index (χ4n) is 2.05. The Morgan fingerprint density at radius 2 is 1.95 bits per heavy atom. The van der Waals surface area contributed by atoms with Gasteiger partial charge in [0.05, 0.1) is 0 Å². The smallest absolute Gasteiger partial charge is 0.328 e. The lowest BCUT2D eigenvalue weighted by atomic mass is 10.0. The molecule has 0 spiro atoms. The van der Waals surface area contributed by atoms with Crippen molar-refractivity contribution >= 4 is 17.2 Å². The number of benzene rings is 1. The largest absolute Gasteiger partial charge is 0.478 e. The highest BCUT2D eigenvalue weighted by Crippen LogP contribution is 2.25. The van der Waals surface area contributed by atoms with Crippen molar-refractivity contribution in [2.45, 2.75) is 6.92 Å². The van der Waals surface area contributed by atoms with Crippen molar-refractivity contribution in [2.24, 2.45) is 0 Å². The third kappa shape index (κ3) is 3.69. The molecule has 1 N–H and O–H groups in total. The van der Waals surface area contributed by atoms with E-state index in [0.717, 1.165) is 22.4 Å². The molecule has 0 unspecified atom stereocenters. The van der Waals surface area contributed by atoms with Crippen LogP contribution in [0.5, 0.6) is 0 Å². The van der Waals surface area contributed by atoms with Crippen molar-refractivity contribution in [1.82, 2.24) is 4.98 Å². The second-order valence-corrected chi connectivity index (χ2v) is 5.07. The van der Waals surface area contributed by atoms with Crippen LogP contribution in [0.1, 0.15) is 12.5 Å². The molecule has 0 bridgehead atoms. The first-order valence-electron chi connectivity index (χ1n) is 6.62. The van der Waals surface area contributed by atoms with Gasteiger partial charge in [0.1, 0.15) is 0 Å². The predicted octanol–water partition coefficient (Wildman–Crippen LogP) is 3.30. The number of hydrogen-bond donors (Lipinski definition) is 1. The van der Waals surface area contributed by atoms with Gasteiger partial charge in [-0.1, -0.05) is 12.1 Å². The van der Waals surface area contributed by atoms with E-state index >= 15 is 0 Å². The van der Waals surface area contributed by atoms with E-state index in [1.807, 2.05) is 43.3 Å². The van der Waals surface area contributed by atoms with Gasteiger partial charge in [0, 0.05) is 43.8 Å². The Hall–Kier alpha value is -2.62. The van der Waals surface area contributed by atoms with Gasteiger partial charge in [-0.15, -0.1) is 0 Å². The number of carboxylic acid groups (broad SMARTS) is 1. The Labute approximate surface area is 124 Å². The maximum absolute atomic E-state index is 10.8. The summed E-state index contributed by atoms with van der Waals surface area (Å²) in [7, 11) is 3.99. The van der Waals surface area contributed by atoms with E-state index in [1.54, 1.807) is 19.3 Å². The fourth-order valence-corrected chi connectivity index (χ4v) is 2.05. The number of nitrogens with zero attached hydrogens (tertiary/aromatic N) is 2. The van der Waals surface area contributed by atoms with Crippen LogP contribution < -0.4 is 4.90 Å². The lowest BCUT2D eigenvalue weighted by Crippen LogP contribution is -2.08. The Bertz CT molecular complexity index is 691. The van der Waals surface area contributed by atoms with E-state index in [0.29, 0.717) is 5.57 Å². The molecular weight excluding hydrogens is 264 g/mol. The first-order valence-corrected chi connectivity index (χ1v) is 6.62. The molecule has 0 atom stereocenters. The first-order chi connectivity index (χ1) is 9.97. The van der Waals surface area contributed by atoms with E-state index < -0.39 is 5.97 Å². The minimum Gasteiger partial charge on any atom is -0.478 e. The highest BCUT2D eigenvalue weighted by Gasteiger charge is 2.04. The second kappa shape index (κ2) is 6.22. The van der Waals surface area contributed by atoms with E-state index in [1.165, 1.54) is 6.08 Å². The zero-order chi connectivity index (χ0) is 15.4. The van der Waals surface area contributed by atoms with Gasteiger partial charge >= 0.3 is 5.97 Å². The van der Waals surface area contributed by atoms with Gasteiger partial charge < -0.3 is 10.0 Å². The van der Waals surface area contributed by atoms with E-state index in [4.69, 9.17) is 5.11 Å². The summed E-state index contributed by atoms with van der Waals surface area (Å²) in [5.74, 6) is -0.951. The molecule has 0 amide bonds. The lowest BCUT2D eigenvalue weighted by molar-refractivity contribution is -0.131. The number of carboxylic acids is 1. The summed E-state index contributed by atoms with van der Waals surface area (Å²) in [5.41, 5.74) is 4.62. The van der Waals surface area contributed by atoms with Gasteiger partial charge in [-0.3, -0.25) is 4.98 Å². The zero-order valence-electron chi connectivity index (χ0n) is 12.4. The molecule has 4 heteroatoms. The minimum atomic E-state index is -0.951. The molecule has 2 aromatic rings. The maximum Gasteiger partial charge on any atom is 0.328 e. The van der Waals surface area contributed by atoms with Crippen molar-refractivity contribution < 1.29 is 9.90 Å². The molecule has 0 aliphatic carbocycles. The molecule has 4 nitrogen and oxygen atoms in total. The molecule has 2 rings (SSSR count). The molecule has 21 heavy (non-hydrogen) atoms. The van der Waals surface area contributed by atoms with Crippen LogP contribution in [0.25, 0.3) is 16.7 Å². The van der Waals surface area contributed by atoms with Gasteiger partial charge in [0.2, 0.25) is 0 Å². The van der Waals surface area contributed by atoms with Gasteiger partial charge in [0.15, 0.2) is 0 Å². The molecule has 1 aromatic heterocycles. The number of carbonyl (C=O) groups is 1. The van der Waals surface area contributed by atoms with Crippen molar-refractivity contribution in [2.75, 3.05) is 19.0 Å².